The van der Waals surface area contributed by atoms with Crippen LogP contribution in [0.25, 0.3) is 0 Å². The average molecular weight is 102 g/mol. The summed E-state index contributed by atoms with van der Waals surface area (Å²) in [4.78, 5) is 9.16. The smallest absolute Gasteiger partial charge is 0.119 e. The summed E-state index contributed by atoms with van der Waals surface area (Å²) >= 11 is 0. The molecule has 0 aromatic carbocycles. The quantitative estimate of drug-likeness (QED) is 0.486. The van der Waals surface area contributed by atoms with E-state index in [1.165, 1.54) is 6.42 Å². The van der Waals surface area contributed by atoms with Crippen molar-refractivity contribution in [3.8, 4) is 0 Å². The van der Waals surface area contributed by atoms with Crippen molar-refractivity contribution in [2.75, 3.05) is 6.61 Å². The van der Waals surface area contributed by atoms with Crippen LogP contribution in [0.4, 0.5) is 0 Å². The molecule has 1 saturated heterocycles. The van der Waals surface area contributed by atoms with E-state index < -0.39 is 0 Å². The van der Waals surface area contributed by atoms with E-state index in [4.69, 9.17) is 0 Å². The Kier molecular flexibility index (Phi) is 1.65. The highest BCUT2D eigenvalue weighted by molar-refractivity contribution is 4.56. The fourth-order valence-electron chi connectivity index (χ4n) is 0.618. The summed E-state index contributed by atoms with van der Waals surface area (Å²) in [6.45, 7) is 2.94. The van der Waals surface area contributed by atoms with Gasteiger partial charge in [-0.3, -0.25) is 0 Å². The molecule has 1 aliphatic rings. The van der Waals surface area contributed by atoms with Crippen molar-refractivity contribution in [3.05, 3.63) is 0 Å². The van der Waals surface area contributed by atoms with Crippen molar-refractivity contribution >= 4 is 0 Å². The maximum atomic E-state index is 4.67. The van der Waals surface area contributed by atoms with Gasteiger partial charge in [-0.25, -0.2) is 9.78 Å². The van der Waals surface area contributed by atoms with Gasteiger partial charge >= 0.3 is 0 Å². The second-order valence-corrected chi connectivity index (χ2v) is 1.79. The van der Waals surface area contributed by atoms with E-state index in [0.717, 1.165) is 13.0 Å². The van der Waals surface area contributed by atoms with E-state index in [0.29, 0.717) is 6.10 Å². The molecule has 0 aliphatic carbocycles. The first-order valence-electron chi connectivity index (χ1n) is 2.71. The van der Waals surface area contributed by atoms with Gasteiger partial charge in [0, 0.05) is 0 Å². The van der Waals surface area contributed by atoms with Crippen molar-refractivity contribution in [2.24, 2.45) is 0 Å². The summed E-state index contributed by atoms with van der Waals surface area (Å²) < 4.78 is 0. The molecule has 0 spiro atoms. The highest BCUT2D eigenvalue weighted by atomic mass is 17.2. The molecule has 2 nitrogen and oxygen atoms in total. The van der Waals surface area contributed by atoms with E-state index in [1.54, 1.807) is 0 Å². The number of hydrogen-bond donors (Lipinski definition) is 0. The van der Waals surface area contributed by atoms with Crippen LogP contribution < -0.4 is 0 Å². The van der Waals surface area contributed by atoms with E-state index in [2.05, 4.69) is 16.7 Å². The Morgan fingerprint density at radius 2 is 2.43 bits per heavy atom. The predicted molar refractivity (Wildman–Crippen MR) is 25.7 cm³/mol. The molecule has 0 bridgehead atoms. The predicted octanol–water partition coefficient (Wildman–Crippen LogP) is 1.12. The van der Waals surface area contributed by atoms with Crippen LogP contribution in [0.15, 0.2) is 0 Å². The molecule has 7 heavy (non-hydrogen) atoms. The Morgan fingerprint density at radius 1 is 1.71 bits per heavy atom. The van der Waals surface area contributed by atoms with Crippen molar-refractivity contribution in [1.29, 1.82) is 0 Å². The number of rotatable bonds is 2. The maximum absolute atomic E-state index is 4.67. The summed E-state index contributed by atoms with van der Waals surface area (Å²) in [5, 5.41) is 0. The molecule has 1 aliphatic heterocycles. The Morgan fingerprint density at radius 3 is 2.57 bits per heavy atom. The Labute approximate surface area is 43.3 Å². The van der Waals surface area contributed by atoms with Crippen molar-refractivity contribution < 1.29 is 9.78 Å². The molecule has 2 heteroatoms. The Bertz CT molecular complexity index is 50.0. The standard InChI is InChI=1S/C5H10O2/c1-2-3-5-4-6-7-5/h5H,2-4H2,1H3. The second-order valence-electron chi connectivity index (χ2n) is 1.79. The first-order chi connectivity index (χ1) is 3.43. The summed E-state index contributed by atoms with van der Waals surface area (Å²) in [6, 6.07) is 0. The first-order valence-corrected chi connectivity index (χ1v) is 2.71. The summed E-state index contributed by atoms with van der Waals surface area (Å²) in [7, 11) is 0. The van der Waals surface area contributed by atoms with Crippen LogP contribution in [0.3, 0.4) is 0 Å². The van der Waals surface area contributed by atoms with Crippen LogP contribution in [-0.4, -0.2) is 12.7 Å². The highest BCUT2D eigenvalue weighted by Crippen LogP contribution is 2.11. The zero-order chi connectivity index (χ0) is 5.11. The highest BCUT2D eigenvalue weighted by Gasteiger charge is 2.18. The third-order valence-electron chi connectivity index (χ3n) is 1.07. The monoisotopic (exact) mass is 102 g/mol. The molecule has 0 amide bonds. The Balaban J connectivity index is 1.93. The molecule has 1 unspecified atom stereocenters. The van der Waals surface area contributed by atoms with Gasteiger partial charge in [0.15, 0.2) is 0 Å². The van der Waals surface area contributed by atoms with Crippen LogP contribution in [-0.2, 0) is 9.78 Å². The van der Waals surface area contributed by atoms with Gasteiger partial charge < -0.3 is 0 Å². The second kappa shape index (κ2) is 2.28. The fraction of sp³-hybridized carbons (Fsp3) is 1.00. The molecule has 42 valence electrons. The molecule has 1 fully saturated rings. The summed E-state index contributed by atoms with van der Waals surface area (Å²) in [5.41, 5.74) is 0. The van der Waals surface area contributed by atoms with Gasteiger partial charge in [-0.1, -0.05) is 13.3 Å². The Hall–Kier alpha value is -0.0800. The molecule has 1 heterocycles. The minimum atomic E-state index is 0.407. The molecule has 1 atom stereocenters. The van der Waals surface area contributed by atoms with Gasteiger partial charge in [0.25, 0.3) is 0 Å². The van der Waals surface area contributed by atoms with Gasteiger partial charge in [-0.05, 0) is 6.42 Å². The lowest BCUT2D eigenvalue weighted by Crippen LogP contribution is -2.30. The van der Waals surface area contributed by atoms with Gasteiger partial charge in [0.2, 0.25) is 0 Å². The van der Waals surface area contributed by atoms with Crippen LogP contribution in [0.1, 0.15) is 19.8 Å². The normalized spacial score (nSPS) is 29.6. The lowest BCUT2D eigenvalue weighted by Gasteiger charge is -2.23. The topological polar surface area (TPSA) is 18.5 Å². The first kappa shape index (κ1) is 5.06. The molecule has 0 saturated carbocycles. The van der Waals surface area contributed by atoms with E-state index in [9.17, 15) is 0 Å². The number of hydrogen-bond acceptors (Lipinski definition) is 2. The third kappa shape index (κ3) is 1.14. The molecule has 1 rings (SSSR count). The molecular formula is C5H10O2. The average Bonchev–Trinajstić information content (AvgIpc) is 1.55. The van der Waals surface area contributed by atoms with Crippen molar-refractivity contribution in [1.82, 2.24) is 0 Å². The van der Waals surface area contributed by atoms with Crippen LogP contribution >= 0.6 is 0 Å². The summed E-state index contributed by atoms with van der Waals surface area (Å²) in [5.74, 6) is 0. The SMILES string of the molecule is CCCC1COO1. The fourth-order valence-corrected chi connectivity index (χ4v) is 0.618. The van der Waals surface area contributed by atoms with Gasteiger partial charge in [-0.15, -0.1) is 0 Å². The minimum absolute atomic E-state index is 0.407. The van der Waals surface area contributed by atoms with Gasteiger partial charge in [-0.2, -0.15) is 0 Å². The van der Waals surface area contributed by atoms with Crippen molar-refractivity contribution in [3.63, 3.8) is 0 Å². The van der Waals surface area contributed by atoms with Gasteiger partial charge in [0.05, 0.1) is 0 Å². The summed E-state index contributed by atoms with van der Waals surface area (Å²) in [6.07, 6.45) is 2.73. The van der Waals surface area contributed by atoms with E-state index in [-0.39, 0.29) is 0 Å². The largest absolute Gasteiger partial charge is 0.233 e. The van der Waals surface area contributed by atoms with Crippen LogP contribution in [0, 0.1) is 0 Å². The third-order valence-corrected chi connectivity index (χ3v) is 1.07. The lowest BCUT2D eigenvalue weighted by atomic mass is 10.2. The van der Waals surface area contributed by atoms with Crippen LogP contribution in [0.5, 0.6) is 0 Å². The molecule has 0 aromatic rings. The maximum Gasteiger partial charge on any atom is 0.119 e. The molecule has 0 radical (unpaired) electrons. The minimum Gasteiger partial charge on any atom is -0.233 e. The van der Waals surface area contributed by atoms with Crippen molar-refractivity contribution in [2.45, 2.75) is 25.9 Å². The van der Waals surface area contributed by atoms with E-state index >= 15 is 0 Å². The zero-order valence-corrected chi connectivity index (χ0v) is 4.52. The zero-order valence-electron chi connectivity index (χ0n) is 4.52. The van der Waals surface area contributed by atoms with Gasteiger partial charge in [0.1, 0.15) is 12.7 Å². The van der Waals surface area contributed by atoms with Crippen LogP contribution in [0.2, 0.25) is 0 Å². The lowest BCUT2D eigenvalue weighted by molar-refractivity contribution is -0.425. The molecule has 0 N–H and O–H groups in total. The van der Waals surface area contributed by atoms with E-state index in [1.807, 2.05) is 0 Å². The molecule has 0 aromatic heterocycles. The molecular weight excluding hydrogens is 92.1 g/mol.